The number of unbranched alkanes of at least 4 members (excludes halogenated alkanes) is 2. The average Bonchev–Trinajstić information content (AvgIpc) is 3.30. The van der Waals surface area contributed by atoms with Crippen LogP contribution in [0.5, 0.6) is 11.5 Å². The highest BCUT2D eigenvalue weighted by molar-refractivity contribution is 5.97. The van der Waals surface area contributed by atoms with Crippen molar-refractivity contribution < 1.29 is 42.9 Å². The number of carboxylic acids is 1. The molecule has 0 saturated carbocycles. The molecule has 2 atom stereocenters. The lowest BCUT2D eigenvalue weighted by atomic mass is 10.0. The fraction of sp³-hybridized carbons (Fsp3) is 0.448. The monoisotopic (exact) mass is 558 g/mol. The Morgan fingerprint density at radius 3 is 2.40 bits per heavy atom. The van der Waals surface area contributed by atoms with Crippen LogP contribution >= 0.6 is 0 Å². The predicted molar refractivity (Wildman–Crippen MR) is 143 cm³/mol. The van der Waals surface area contributed by atoms with Crippen molar-refractivity contribution in [3.63, 3.8) is 0 Å². The Bertz CT molecular complexity index is 1140. The first-order chi connectivity index (χ1) is 19.2. The van der Waals surface area contributed by atoms with Gasteiger partial charge in [0.2, 0.25) is 5.91 Å². The molecule has 0 bridgehead atoms. The first-order valence-electron chi connectivity index (χ1n) is 13.3. The molecule has 2 N–H and O–H groups in total. The molecule has 3 rings (SSSR count). The second kappa shape index (κ2) is 15.0. The van der Waals surface area contributed by atoms with Gasteiger partial charge in [-0.15, -0.1) is 0 Å². The van der Waals surface area contributed by atoms with E-state index in [1.54, 1.807) is 31.2 Å². The van der Waals surface area contributed by atoms with E-state index in [-0.39, 0.29) is 24.7 Å². The molecule has 10 nitrogen and oxygen atoms in total. The Morgan fingerprint density at radius 1 is 1.02 bits per heavy atom. The number of para-hydroxylation sites is 1. The minimum absolute atomic E-state index is 0.241. The maximum absolute atomic E-state index is 15.4. The number of benzene rings is 2. The van der Waals surface area contributed by atoms with E-state index in [1.807, 2.05) is 18.2 Å². The van der Waals surface area contributed by atoms with Crippen LogP contribution < -0.4 is 10.1 Å². The van der Waals surface area contributed by atoms with Crippen LogP contribution in [0.15, 0.2) is 54.6 Å². The van der Waals surface area contributed by atoms with E-state index in [0.717, 1.165) is 4.90 Å². The van der Waals surface area contributed by atoms with Gasteiger partial charge in [0.25, 0.3) is 5.91 Å². The lowest BCUT2D eigenvalue weighted by molar-refractivity contribution is -0.147. The third-order valence-electron chi connectivity index (χ3n) is 6.33. The van der Waals surface area contributed by atoms with Crippen molar-refractivity contribution in [1.29, 1.82) is 0 Å². The smallest absolute Gasteiger partial charge is 0.326 e. The molecule has 2 amide bonds. The topological polar surface area (TPSA) is 131 Å². The summed E-state index contributed by atoms with van der Waals surface area (Å²) in [6.07, 6.45) is 1.83. The number of hydrogen-bond donors (Lipinski definition) is 2. The van der Waals surface area contributed by atoms with Crippen LogP contribution in [0.1, 0.15) is 49.4 Å². The minimum atomic E-state index is -2.03. The Kier molecular flexibility index (Phi) is 11.4. The van der Waals surface area contributed by atoms with Crippen molar-refractivity contribution >= 4 is 23.8 Å². The average molecular weight is 559 g/mol. The zero-order chi connectivity index (χ0) is 29.0. The summed E-state index contributed by atoms with van der Waals surface area (Å²) in [5, 5.41) is 12.0. The number of aliphatic carboxylic acids is 1. The molecule has 0 spiro atoms. The van der Waals surface area contributed by atoms with Gasteiger partial charge in [-0.1, -0.05) is 24.6 Å². The maximum atomic E-state index is 15.4. The second-order valence-electron chi connectivity index (χ2n) is 9.52. The molecule has 1 unspecified atom stereocenters. The van der Waals surface area contributed by atoms with Gasteiger partial charge in [-0.3, -0.25) is 14.4 Å². The Hall–Kier alpha value is -3.99. The van der Waals surface area contributed by atoms with E-state index in [2.05, 4.69) is 5.32 Å². The number of carbonyl (C=O) groups excluding carboxylic acids is 3. The normalized spacial score (nSPS) is 18.2. The quantitative estimate of drug-likeness (QED) is 0.250. The van der Waals surface area contributed by atoms with Gasteiger partial charge in [0.15, 0.2) is 5.67 Å². The first kappa shape index (κ1) is 30.6. The molecule has 2 aromatic carbocycles. The summed E-state index contributed by atoms with van der Waals surface area (Å²) in [6.45, 7) is 1.02. The van der Waals surface area contributed by atoms with Gasteiger partial charge in [0.05, 0.1) is 26.3 Å². The summed E-state index contributed by atoms with van der Waals surface area (Å²) in [7, 11) is 0. The molecule has 1 aliphatic rings. The number of nitrogens with zero attached hydrogens (tertiary/aromatic N) is 1. The van der Waals surface area contributed by atoms with Gasteiger partial charge >= 0.3 is 11.9 Å². The van der Waals surface area contributed by atoms with Crippen molar-refractivity contribution in [2.45, 2.75) is 50.7 Å². The Morgan fingerprint density at radius 2 is 1.73 bits per heavy atom. The van der Waals surface area contributed by atoms with Gasteiger partial charge in [0, 0.05) is 25.0 Å². The number of rotatable bonds is 15. The number of halogens is 1. The lowest BCUT2D eigenvalue weighted by Crippen LogP contribution is -2.46. The molecular weight excluding hydrogens is 523 g/mol. The number of carbonyl (C=O) groups is 4. The summed E-state index contributed by atoms with van der Waals surface area (Å²) in [4.78, 5) is 49.3. The number of nitrogens with one attached hydrogen (secondary N) is 1. The molecule has 216 valence electrons. The fourth-order valence-corrected chi connectivity index (χ4v) is 4.32. The number of hydrogen-bond acceptors (Lipinski definition) is 7. The highest BCUT2D eigenvalue weighted by atomic mass is 19.1. The largest absolute Gasteiger partial charge is 0.480 e. The summed E-state index contributed by atoms with van der Waals surface area (Å²) >= 11 is 0. The standard InChI is InChI=1S/C29H35FN2O8/c1-2-39-26(34)11-7-4-8-16-38-20-29(30)17-24(28(36)37)32(19-29)25(33)18-31-27(35)21-12-14-23(15-13-21)40-22-9-5-3-6-10-22/h3,5-6,9-10,12-15,24H,2,4,7-8,11,16-20H2,1H3,(H,31,35)(H,36,37)/t24-,29?/m1/s1. The Labute approximate surface area is 232 Å². The zero-order valence-electron chi connectivity index (χ0n) is 22.5. The van der Waals surface area contributed by atoms with Crippen LogP contribution in [0.25, 0.3) is 0 Å². The van der Waals surface area contributed by atoms with Crippen molar-refractivity contribution in [1.82, 2.24) is 10.2 Å². The molecule has 0 radical (unpaired) electrons. The number of esters is 1. The number of carboxylic acid groups (broad SMARTS) is 1. The molecule has 1 heterocycles. The molecule has 1 aliphatic heterocycles. The van der Waals surface area contributed by atoms with Gasteiger partial charge < -0.3 is 29.5 Å². The minimum Gasteiger partial charge on any atom is -0.480 e. The van der Waals surface area contributed by atoms with Crippen LogP contribution in [-0.4, -0.2) is 78.4 Å². The lowest BCUT2D eigenvalue weighted by Gasteiger charge is -2.22. The van der Waals surface area contributed by atoms with Crippen molar-refractivity contribution in [2.24, 2.45) is 0 Å². The molecular formula is C29H35FN2O8. The summed E-state index contributed by atoms with van der Waals surface area (Å²) in [5.74, 6) is -1.66. The van der Waals surface area contributed by atoms with E-state index in [9.17, 15) is 24.3 Å². The molecule has 40 heavy (non-hydrogen) atoms. The van der Waals surface area contributed by atoms with Crippen LogP contribution in [-0.2, 0) is 23.9 Å². The third kappa shape index (κ3) is 9.33. The molecule has 2 aromatic rings. The SMILES string of the molecule is CCOC(=O)CCCCCOCC1(F)C[C@H](C(=O)O)N(C(=O)CNC(=O)c2ccc(Oc3ccccc3)cc2)C1. The second-order valence-corrected chi connectivity index (χ2v) is 9.52. The Balaban J connectivity index is 1.43. The van der Waals surface area contributed by atoms with Crippen molar-refractivity contribution in [2.75, 3.05) is 32.9 Å². The molecule has 0 aromatic heterocycles. The highest BCUT2D eigenvalue weighted by Crippen LogP contribution is 2.31. The van der Waals surface area contributed by atoms with Crippen LogP contribution in [0, 0.1) is 0 Å². The summed E-state index contributed by atoms with van der Waals surface area (Å²) in [6, 6.07) is 14.1. The molecule has 1 fully saturated rings. The van der Waals surface area contributed by atoms with Gasteiger partial charge in [-0.05, 0) is 56.2 Å². The van der Waals surface area contributed by atoms with Crippen LogP contribution in [0.3, 0.4) is 0 Å². The summed E-state index contributed by atoms with van der Waals surface area (Å²) < 4.78 is 31.4. The summed E-state index contributed by atoms with van der Waals surface area (Å²) in [5.41, 5.74) is -1.75. The van der Waals surface area contributed by atoms with Crippen LogP contribution in [0.2, 0.25) is 0 Å². The van der Waals surface area contributed by atoms with E-state index in [4.69, 9.17) is 14.2 Å². The number of likely N-dealkylation sites (tertiary alicyclic amines) is 1. The van der Waals surface area contributed by atoms with Crippen molar-refractivity contribution in [3.05, 3.63) is 60.2 Å². The van der Waals surface area contributed by atoms with E-state index in [1.165, 1.54) is 12.1 Å². The number of amides is 2. The zero-order valence-corrected chi connectivity index (χ0v) is 22.5. The van der Waals surface area contributed by atoms with Gasteiger partial charge in [-0.2, -0.15) is 0 Å². The van der Waals surface area contributed by atoms with E-state index < -0.39 is 49.0 Å². The maximum Gasteiger partial charge on any atom is 0.326 e. The van der Waals surface area contributed by atoms with Gasteiger partial charge in [0.1, 0.15) is 17.5 Å². The van der Waals surface area contributed by atoms with Crippen molar-refractivity contribution in [3.8, 4) is 11.5 Å². The predicted octanol–water partition coefficient (Wildman–Crippen LogP) is 3.74. The number of ether oxygens (including phenoxy) is 3. The molecule has 11 heteroatoms. The third-order valence-corrected chi connectivity index (χ3v) is 6.33. The first-order valence-corrected chi connectivity index (χ1v) is 13.3. The van der Waals surface area contributed by atoms with E-state index in [0.29, 0.717) is 43.8 Å². The molecule has 1 saturated heterocycles. The van der Waals surface area contributed by atoms with Crippen LogP contribution in [0.4, 0.5) is 4.39 Å². The highest BCUT2D eigenvalue weighted by Gasteiger charge is 2.49. The number of alkyl halides is 1. The van der Waals surface area contributed by atoms with E-state index >= 15 is 4.39 Å². The molecule has 0 aliphatic carbocycles. The van der Waals surface area contributed by atoms with Gasteiger partial charge in [-0.25, -0.2) is 9.18 Å². The fourth-order valence-electron chi connectivity index (χ4n) is 4.32.